The zero-order valence-corrected chi connectivity index (χ0v) is 12.0. The number of hydrogen-bond donors (Lipinski definition) is 2. The standard InChI is InChI=1S/C12H15Cl2NO2S/c13-8-1-2-9(14)12(5-8)18-4-3-15-6-10(16)11(17)7-15/h1-2,5,10-11,16-17H,3-4,6-7H2/t10-,11+. The summed E-state index contributed by atoms with van der Waals surface area (Å²) < 4.78 is 0. The van der Waals surface area contributed by atoms with Crippen molar-refractivity contribution in [1.29, 1.82) is 0 Å². The molecule has 1 aliphatic heterocycles. The van der Waals surface area contributed by atoms with Crippen molar-refractivity contribution >= 4 is 35.0 Å². The fourth-order valence-corrected chi connectivity index (χ4v) is 3.41. The van der Waals surface area contributed by atoms with Gasteiger partial charge in [-0.25, -0.2) is 0 Å². The second-order valence-corrected chi connectivity index (χ2v) is 6.30. The molecule has 0 aromatic heterocycles. The van der Waals surface area contributed by atoms with Gasteiger partial charge in [-0.15, -0.1) is 11.8 Å². The van der Waals surface area contributed by atoms with Crippen LogP contribution in [-0.2, 0) is 0 Å². The number of halogens is 2. The molecule has 2 atom stereocenters. The summed E-state index contributed by atoms with van der Waals surface area (Å²) in [7, 11) is 0. The molecule has 1 heterocycles. The second kappa shape index (κ2) is 6.46. The van der Waals surface area contributed by atoms with Gasteiger partial charge < -0.3 is 10.2 Å². The van der Waals surface area contributed by atoms with E-state index in [-0.39, 0.29) is 0 Å². The Morgan fingerprint density at radius 2 is 1.89 bits per heavy atom. The molecule has 18 heavy (non-hydrogen) atoms. The fraction of sp³-hybridized carbons (Fsp3) is 0.500. The number of β-amino-alcohol motifs (C(OH)–C–C–N with tert-alkyl or cyclic N) is 2. The number of thioether (sulfide) groups is 1. The summed E-state index contributed by atoms with van der Waals surface area (Å²) in [6.45, 7) is 1.87. The Morgan fingerprint density at radius 1 is 1.22 bits per heavy atom. The fourth-order valence-electron chi connectivity index (χ4n) is 1.90. The van der Waals surface area contributed by atoms with Crippen LogP contribution in [0.15, 0.2) is 23.1 Å². The van der Waals surface area contributed by atoms with Gasteiger partial charge in [0.25, 0.3) is 0 Å². The van der Waals surface area contributed by atoms with E-state index in [0.29, 0.717) is 23.1 Å². The van der Waals surface area contributed by atoms with Crippen LogP contribution in [0, 0.1) is 0 Å². The van der Waals surface area contributed by atoms with Gasteiger partial charge in [-0.05, 0) is 18.2 Å². The van der Waals surface area contributed by atoms with Crippen LogP contribution in [0.1, 0.15) is 0 Å². The Kier molecular flexibility index (Phi) is 5.18. The smallest absolute Gasteiger partial charge is 0.0938 e. The highest BCUT2D eigenvalue weighted by molar-refractivity contribution is 7.99. The molecule has 0 bridgehead atoms. The third-order valence-corrected chi connectivity index (χ3v) is 4.61. The molecule has 1 saturated heterocycles. The van der Waals surface area contributed by atoms with Crippen LogP contribution in [0.25, 0.3) is 0 Å². The second-order valence-electron chi connectivity index (χ2n) is 4.32. The molecule has 1 aliphatic rings. The summed E-state index contributed by atoms with van der Waals surface area (Å²) in [6.07, 6.45) is -1.24. The minimum Gasteiger partial charge on any atom is -0.389 e. The van der Waals surface area contributed by atoms with E-state index in [1.54, 1.807) is 23.9 Å². The largest absolute Gasteiger partial charge is 0.389 e. The van der Waals surface area contributed by atoms with Gasteiger partial charge >= 0.3 is 0 Å². The molecule has 0 amide bonds. The number of rotatable bonds is 4. The van der Waals surface area contributed by atoms with E-state index in [9.17, 15) is 10.2 Å². The van der Waals surface area contributed by atoms with Crippen LogP contribution in [0.2, 0.25) is 10.0 Å². The molecule has 1 aromatic rings. The third kappa shape index (κ3) is 3.76. The molecular weight excluding hydrogens is 293 g/mol. The number of nitrogens with zero attached hydrogens (tertiary/aromatic N) is 1. The summed E-state index contributed by atoms with van der Waals surface area (Å²) in [5.41, 5.74) is 0. The summed E-state index contributed by atoms with van der Waals surface area (Å²) in [6, 6.07) is 5.40. The molecule has 0 unspecified atom stereocenters. The van der Waals surface area contributed by atoms with Crippen LogP contribution >= 0.6 is 35.0 Å². The average molecular weight is 308 g/mol. The molecule has 100 valence electrons. The first-order valence-electron chi connectivity index (χ1n) is 5.72. The molecule has 2 rings (SSSR count). The molecule has 1 aromatic carbocycles. The maximum atomic E-state index is 9.43. The van der Waals surface area contributed by atoms with E-state index in [4.69, 9.17) is 23.2 Å². The number of benzene rings is 1. The Bertz CT molecular complexity index is 409. The van der Waals surface area contributed by atoms with Gasteiger partial charge in [0.2, 0.25) is 0 Å². The third-order valence-electron chi connectivity index (χ3n) is 2.89. The average Bonchev–Trinajstić information content (AvgIpc) is 2.63. The highest BCUT2D eigenvalue weighted by Crippen LogP contribution is 2.29. The lowest BCUT2D eigenvalue weighted by Crippen LogP contribution is -2.24. The first-order chi connectivity index (χ1) is 8.56. The molecule has 1 fully saturated rings. The van der Waals surface area contributed by atoms with Crippen molar-refractivity contribution in [2.75, 3.05) is 25.4 Å². The molecule has 0 saturated carbocycles. The lowest BCUT2D eigenvalue weighted by molar-refractivity contribution is 0.0572. The normalized spacial score (nSPS) is 24.7. The number of likely N-dealkylation sites (tertiary alicyclic amines) is 1. The van der Waals surface area contributed by atoms with Crippen molar-refractivity contribution in [2.24, 2.45) is 0 Å². The van der Waals surface area contributed by atoms with Crippen molar-refractivity contribution in [3.05, 3.63) is 28.2 Å². The lowest BCUT2D eigenvalue weighted by atomic mass is 10.3. The minimum absolute atomic E-state index is 0.533. The van der Waals surface area contributed by atoms with Gasteiger partial charge in [0.1, 0.15) is 0 Å². The predicted octanol–water partition coefficient (Wildman–Crippen LogP) is 2.12. The Labute approximate surface area is 121 Å². The van der Waals surface area contributed by atoms with Gasteiger partial charge in [-0.3, -0.25) is 4.90 Å². The van der Waals surface area contributed by atoms with Crippen LogP contribution in [0.5, 0.6) is 0 Å². The maximum Gasteiger partial charge on any atom is 0.0938 e. The summed E-state index contributed by atoms with van der Waals surface area (Å²) in [5.74, 6) is 0.847. The van der Waals surface area contributed by atoms with E-state index in [1.807, 2.05) is 11.0 Å². The van der Waals surface area contributed by atoms with Crippen molar-refractivity contribution in [2.45, 2.75) is 17.1 Å². The zero-order valence-electron chi connectivity index (χ0n) is 9.72. The molecule has 6 heteroatoms. The number of aliphatic hydroxyl groups is 2. The summed E-state index contributed by atoms with van der Waals surface area (Å²) in [5, 5.41) is 20.2. The molecule has 0 radical (unpaired) electrons. The van der Waals surface area contributed by atoms with Crippen LogP contribution in [-0.4, -0.2) is 52.7 Å². The maximum absolute atomic E-state index is 9.43. The van der Waals surface area contributed by atoms with E-state index in [0.717, 1.165) is 17.2 Å². The Balaban J connectivity index is 1.80. The van der Waals surface area contributed by atoms with Crippen molar-refractivity contribution in [3.63, 3.8) is 0 Å². The SMILES string of the molecule is O[C@@H]1CN(CCSc2cc(Cl)ccc2Cl)C[C@@H]1O. The monoisotopic (exact) mass is 307 g/mol. The van der Waals surface area contributed by atoms with Gasteiger partial charge in [0.05, 0.1) is 17.2 Å². The summed E-state index contributed by atoms with van der Waals surface area (Å²) in [4.78, 5) is 3.00. The Morgan fingerprint density at radius 3 is 2.56 bits per heavy atom. The topological polar surface area (TPSA) is 43.7 Å². The van der Waals surface area contributed by atoms with Crippen LogP contribution < -0.4 is 0 Å². The lowest BCUT2D eigenvalue weighted by Gasteiger charge is -2.14. The van der Waals surface area contributed by atoms with Crippen LogP contribution in [0.3, 0.4) is 0 Å². The predicted molar refractivity (Wildman–Crippen MR) is 75.6 cm³/mol. The van der Waals surface area contributed by atoms with Crippen molar-refractivity contribution < 1.29 is 10.2 Å². The van der Waals surface area contributed by atoms with E-state index < -0.39 is 12.2 Å². The van der Waals surface area contributed by atoms with Crippen molar-refractivity contribution in [3.8, 4) is 0 Å². The van der Waals surface area contributed by atoms with Gasteiger partial charge in [0, 0.05) is 35.3 Å². The first kappa shape index (κ1) is 14.4. The van der Waals surface area contributed by atoms with E-state index in [2.05, 4.69) is 0 Å². The first-order valence-corrected chi connectivity index (χ1v) is 7.47. The summed E-state index contributed by atoms with van der Waals surface area (Å²) >= 11 is 13.6. The van der Waals surface area contributed by atoms with Gasteiger partial charge in [0.15, 0.2) is 0 Å². The van der Waals surface area contributed by atoms with Crippen LogP contribution in [0.4, 0.5) is 0 Å². The number of hydrogen-bond acceptors (Lipinski definition) is 4. The molecule has 3 nitrogen and oxygen atoms in total. The molecule has 0 spiro atoms. The highest BCUT2D eigenvalue weighted by atomic mass is 35.5. The molecular formula is C12H15Cl2NO2S. The van der Waals surface area contributed by atoms with Gasteiger partial charge in [-0.2, -0.15) is 0 Å². The zero-order chi connectivity index (χ0) is 13.1. The van der Waals surface area contributed by atoms with E-state index >= 15 is 0 Å². The quantitative estimate of drug-likeness (QED) is 0.836. The number of aliphatic hydroxyl groups excluding tert-OH is 2. The highest BCUT2D eigenvalue weighted by Gasteiger charge is 2.28. The van der Waals surface area contributed by atoms with Gasteiger partial charge in [-0.1, -0.05) is 23.2 Å². The molecule has 2 N–H and O–H groups in total. The van der Waals surface area contributed by atoms with Crippen molar-refractivity contribution in [1.82, 2.24) is 4.90 Å². The Hall–Kier alpha value is 0.0300. The minimum atomic E-state index is -0.621. The molecule has 0 aliphatic carbocycles. The van der Waals surface area contributed by atoms with E-state index in [1.165, 1.54) is 0 Å².